The van der Waals surface area contributed by atoms with Gasteiger partial charge < -0.3 is 94.9 Å². The summed E-state index contributed by atoms with van der Waals surface area (Å²) in [7, 11) is 8.34. The van der Waals surface area contributed by atoms with Crippen LogP contribution in [0.5, 0.6) is 0 Å². The van der Waals surface area contributed by atoms with E-state index in [9.17, 15) is 44.7 Å². The summed E-state index contributed by atoms with van der Waals surface area (Å²) in [4.78, 5) is 60.7. The van der Waals surface area contributed by atoms with Gasteiger partial charge in [-0.2, -0.15) is 0 Å². The molecule has 0 bridgehead atoms. The maximum absolute atomic E-state index is 14.7. The highest BCUT2D eigenvalue weighted by Gasteiger charge is 2.53. The molecule has 0 aliphatic carbocycles. The van der Waals surface area contributed by atoms with Crippen molar-refractivity contribution in [2.24, 2.45) is 29.2 Å². The van der Waals surface area contributed by atoms with Crippen LogP contribution in [0.25, 0.3) is 0 Å². The summed E-state index contributed by atoms with van der Waals surface area (Å²) in [5.74, 6) is -4.70. The second kappa shape index (κ2) is 31.2. The molecule has 5 aliphatic rings. The number of aliphatic hydroxyl groups excluding tert-OH is 3. The molecule has 27 heteroatoms. The zero-order valence-electron chi connectivity index (χ0n) is 54.4. The minimum absolute atomic E-state index is 0.0177. The molecule has 5 heterocycles. The molecule has 1 amide bonds. The monoisotopic (exact) mass is 1250 g/mol. The Labute approximate surface area is 519 Å². The van der Waals surface area contributed by atoms with Gasteiger partial charge in [-0.3, -0.25) is 35.7 Å². The number of hydrogen-bond acceptors (Lipinski definition) is 26. The van der Waals surface area contributed by atoms with Crippen LogP contribution < -0.4 is 43.0 Å². The van der Waals surface area contributed by atoms with Crippen molar-refractivity contribution >= 4 is 29.5 Å². The summed E-state index contributed by atoms with van der Waals surface area (Å²) in [6.07, 6.45) is -10.8. The van der Waals surface area contributed by atoms with Gasteiger partial charge in [0.1, 0.15) is 54.3 Å². The van der Waals surface area contributed by atoms with Crippen molar-refractivity contribution in [2.75, 3.05) is 73.0 Å². The number of methoxy groups -OCH3 is 2. The summed E-state index contributed by atoms with van der Waals surface area (Å²) in [6, 6.07) is 4.39. The molecule has 22 atom stereocenters. The molecular weight excluding hydrogens is 1140 g/mol. The number of aliphatic hydroxyl groups is 5. The molecule has 4 saturated heterocycles. The summed E-state index contributed by atoms with van der Waals surface area (Å²) >= 11 is 0. The maximum Gasteiger partial charge on any atom is 0.328 e. The lowest BCUT2D eigenvalue weighted by Crippen LogP contribution is -2.69. The predicted octanol–water partition coefficient (Wildman–Crippen LogP) is -0.157. The maximum atomic E-state index is 14.7. The van der Waals surface area contributed by atoms with E-state index >= 15 is 0 Å². The number of likely N-dealkylation sites (N-methyl/N-ethyl adjacent to an activating group) is 2. The SMILES string of the molecule is CC[C@H]1OC(=O)[C@H](C)[C@@H](OC2C[C@@](C)(OC)[C@@H](O)[C@H](C)O2)[C@H](C)C(O[C@@H]2O[C@H](C)C[C@H](N(C)C)[C@H]2O)[C@](C)(O)C[C@@H](C)CN(CCCOC(=O)C(CCC(=O)OC)NC(=O)c2ccc(N(C)CC3CNC4NC(N)NC(N)=C4N3)cc2)[C@H](C)[C@@H](O)[C@]1(C)O. The van der Waals surface area contributed by atoms with Crippen LogP contribution in [0.15, 0.2) is 35.8 Å². The number of fused-ring (bicyclic) bond motifs is 1. The Hall–Kier alpha value is -4.56. The number of nitrogens with zero attached hydrogens (tertiary/aromatic N) is 3. The Morgan fingerprint density at radius 2 is 1.62 bits per heavy atom. The van der Waals surface area contributed by atoms with Crippen LogP contribution in [0.4, 0.5) is 5.69 Å². The van der Waals surface area contributed by atoms with Crippen LogP contribution in [-0.4, -0.2) is 242 Å². The van der Waals surface area contributed by atoms with Crippen molar-refractivity contribution in [3.63, 3.8) is 0 Å². The van der Waals surface area contributed by atoms with Crippen LogP contribution in [0, 0.1) is 17.8 Å². The number of amides is 1. The first-order chi connectivity index (χ1) is 41.2. The average Bonchev–Trinajstić information content (AvgIpc) is 3.71. The average molecular weight is 1250 g/mol. The molecule has 0 saturated carbocycles. The fraction of sp³-hybridized carbons (Fsp3) is 0.803. The first-order valence-corrected chi connectivity index (χ1v) is 31.2. The second-order valence-corrected chi connectivity index (χ2v) is 26.1. The Morgan fingerprint density at radius 3 is 2.26 bits per heavy atom. The third-order valence-electron chi connectivity index (χ3n) is 18.6. The van der Waals surface area contributed by atoms with Gasteiger partial charge in [-0.25, -0.2) is 4.79 Å². The van der Waals surface area contributed by atoms with Crippen LogP contribution in [0.3, 0.4) is 0 Å². The van der Waals surface area contributed by atoms with Gasteiger partial charge in [-0.1, -0.05) is 20.8 Å². The van der Waals surface area contributed by atoms with E-state index in [1.54, 1.807) is 72.7 Å². The van der Waals surface area contributed by atoms with Gasteiger partial charge >= 0.3 is 17.9 Å². The topological polar surface area (TPSA) is 365 Å². The fourth-order valence-corrected chi connectivity index (χ4v) is 13.3. The standard InChI is InChI=1S/C61H106N10O17/c1-16-43-61(10,80)49(74)36(6)71(24-17-25-83-56(78)41(22-23-44(72)81-14)66-54(76)38-18-20-40(21-19-38)70(13)31-39-29-64-53-46(65-39)52(62)67-58(63)68-53)30-32(2)27-59(8,79)51(88-57-47(73)42(69(11)12)26-33(3)84-57)34(4)48(35(5)55(77)86-43)87-45-28-60(9,82-15)50(75)37(7)85-45/h18-21,32-37,39,41-43,45,47-51,53,57-58,64-65,67-68,73-75,79-80H,16-17,22-31,62-63H2,1-15H3,(H,66,76)/t32-,33-,34+,35-,36-,37+,39?,41?,42+,43-,45?,47-,48+,49-,50+,51?,53?,57+,58?,59-,60-,61-/m1/s1. The van der Waals surface area contributed by atoms with Crippen molar-refractivity contribution in [3.8, 4) is 0 Å². The molecule has 6 unspecified atom stereocenters. The molecule has 88 heavy (non-hydrogen) atoms. The minimum atomic E-state index is -2.03. The van der Waals surface area contributed by atoms with Gasteiger partial charge in [-0.15, -0.1) is 0 Å². The normalized spacial score (nSPS) is 38.5. The molecule has 4 fully saturated rings. The first-order valence-electron chi connectivity index (χ1n) is 31.2. The molecule has 1 aromatic carbocycles. The smallest absolute Gasteiger partial charge is 0.328 e. The zero-order valence-corrected chi connectivity index (χ0v) is 54.4. The number of anilines is 1. The number of hydrogen-bond donors (Lipinski definition) is 12. The Bertz CT molecular complexity index is 2480. The minimum Gasteiger partial charge on any atom is -0.469 e. The van der Waals surface area contributed by atoms with E-state index in [4.69, 9.17) is 49.4 Å². The van der Waals surface area contributed by atoms with Gasteiger partial charge in [0.15, 0.2) is 12.6 Å². The third kappa shape index (κ3) is 17.9. The highest BCUT2D eigenvalue weighted by atomic mass is 16.7. The van der Waals surface area contributed by atoms with Gasteiger partial charge in [-0.05, 0) is 125 Å². The quantitative estimate of drug-likeness (QED) is 0.0459. The van der Waals surface area contributed by atoms with E-state index in [1.165, 1.54) is 21.1 Å². The van der Waals surface area contributed by atoms with Gasteiger partial charge in [0.2, 0.25) is 0 Å². The molecule has 6 rings (SSSR count). The Balaban J connectivity index is 1.21. The number of nitrogens with two attached hydrogens (primary N) is 2. The Morgan fingerprint density at radius 1 is 0.943 bits per heavy atom. The largest absolute Gasteiger partial charge is 0.469 e. The fourth-order valence-electron chi connectivity index (χ4n) is 13.3. The third-order valence-corrected chi connectivity index (χ3v) is 18.6. The van der Waals surface area contributed by atoms with Gasteiger partial charge in [0.05, 0.1) is 67.0 Å². The number of rotatable bonds is 20. The van der Waals surface area contributed by atoms with E-state index in [0.29, 0.717) is 25.3 Å². The van der Waals surface area contributed by atoms with Crippen LogP contribution in [-0.2, 0) is 52.3 Å². The van der Waals surface area contributed by atoms with Crippen LogP contribution >= 0.6 is 0 Å². The summed E-state index contributed by atoms with van der Waals surface area (Å²) in [5, 5.41) is 76.5. The van der Waals surface area contributed by atoms with E-state index < -0.39 is 132 Å². The molecule has 5 aliphatic heterocycles. The number of carbonyl (C=O) groups excluding carboxylic acids is 4. The molecule has 0 aromatic heterocycles. The summed E-state index contributed by atoms with van der Waals surface area (Å²) in [5.41, 5.74) is 9.15. The summed E-state index contributed by atoms with van der Waals surface area (Å²) in [6.45, 7) is 18.5. The lowest BCUT2D eigenvalue weighted by molar-refractivity contribution is -0.318. The highest BCUT2D eigenvalue weighted by Crippen LogP contribution is 2.40. The number of cyclic esters (lactones) is 1. The van der Waals surface area contributed by atoms with E-state index in [1.807, 2.05) is 49.7 Å². The van der Waals surface area contributed by atoms with Gasteiger partial charge in [0, 0.05) is 82.4 Å². The first kappa shape index (κ1) is 72.5. The number of ether oxygens (including phenoxy) is 8. The Kier molecular flexibility index (Phi) is 25.7. The van der Waals surface area contributed by atoms with Crippen LogP contribution in [0.2, 0.25) is 0 Å². The molecule has 27 nitrogen and oxygen atoms in total. The molecule has 0 spiro atoms. The molecule has 1 aromatic rings. The molecule has 0 radical (unpaired) electrons. The van der Waals surface area contributed by atoms with Crippen molar-refractivity contribution < 1.29 is 82.6 Å². The highest BCUT2D eigenvalue weighted by molar-refractivity contribution is 5.97. The van der Waals surface area contributed by atoms with Crippen molar-refractivity contribution in [1.82, 2.24) is 36.4 Å². The molecular formula is C61H106N10O17. The zero-order chi connectivity index (χ0) is 65.3. The molecule has 14 N–H and O–H groups in total. The number of esters is 3. The van der Waals surface area contributed by atoms with E-state index in [2.05, 4.69) is 26.6 Å². The van der Waals surface area contributed by atoms with E-state index in [0.717, 1.165) is 11.4 Å². The summed E-state index contributed by atoms with van der Waals surface area (Å²) < 4.78 is 48.9. The lowest BCUT2D eigenvalue weighted by atomic mass is 9.77. The van der Waals surface area contributed by atoms with Crippen molar-refractivity contribution in [2.45, 2.75) is 229 Å². The second-order valence-electron chi connectivity index (χ2n) is 26.1. The van der Waals surface area contributed by atoms with Crippen LogP contribution in [0.1, 0.15) is 125 Å². The van der Waals surface area contributed by atoms with Crippen molar-refractivity contribution in [3.05, 3.63) is 41.3 Å². The van der Waals surface area contributed by atoms with Crippen molar-refractivity contribution in [1.29, 1.82) is 0 Å². The van der Waals surface area contributed by atoms with E-state index in [-0.39, 0.29) is 88.1 Å². The predicted molar refractivity (Wildman–Crippen MR) is 325 cm³/mol. The number of benzene rings is 1. The molecule has 502 valence electrons. The number of carbonyl (C=O) groups is 4. The lowest BCUT2D eigenvalue weighted by Gasteiger charge is -2.48. The number of nitrogens with one attached hydrogen (secondary N) is 5. The number of piperazine rings is 1. The van der Waals surface area contributed by atoms with Gasteiger partial charge in [0.25, 0.3) is 5.91 Å².